The van der Waals surface area contributed by atoms with Crippen molar-refractivity contribution in [3.05, 3.63) is 35.4 Å². The predicted molar refractivity (Wildman–Crippen MR) is 98.2 cm³/mol. The van der Waals surface area contributed by atoms with Crippen LogP contribution in [-0.4, -0.2) is 19.9 Å². The summed E-state index contributed by atoms with van der Waals surface area (Å²) in [7, 11) is 3.08. The zero-order valence-electron chi connectivity index (χ0n) is 15.3. The largest absolute Gasteiger partial charge is 0.493 e. The van der Waals surface area contributed by atoms with Crippen LogP contribution in [-0.2, 0) is 0 Å². The number of methoxy groups -OCH3 is 2. The van der Waals surface area contributed by atoms with Crippen LogP contribution >= 0.6 is 0 Å². The number of nitrogens with one attached hydrogen (secondary N) is 1. The van der Waals surface area contributed by atoms with Crippen LogP contribution in [0.1, 0.15) is 30.7 Å². The molecule has 0 amide bonds. The number of ether oxygens (including phenoxy) is 2. The second kappa shape index (κ2) is 7.14. The van der Waals surface area contributed by atoms with E-state index in [9.17, 15) is 15.8 Å². The fourth-order valence-electron chi connectivity index (χ4n) is 4.43. The monoisotopic (exact) mass is 360 g/mol. The molecule has 0 heterocycles. The van der Waals surface area contributed by atoms with Crippen LogP contribution in [0.5, 0.6) is 11.5 Å². The first-order valence-corrected chi connectivity index (χ1v) is 8.80. The molecule has 136 valence electrons. The number of nitriles is 3. The Morgan fingerprint density at radius 2 is 1.81 bits per heavy atom. The van der Waals surface area contributed by atoms with E-state index in [4.69, 9.17) is 14.9 Å². The standard InChI is InChI=1S/C21H20N4O2/c1-26-17-8-7-13(9-18(17)27-2)19-15-6-4-3-5-14(15)16(10-22)20(25)21(19,11-23)12-24/h5,7-9,15-16,19,25H,3-4,6H2,1-2H3/t15-,16+,19-/m1/s1. The third kappa shape index (κ3) is 2.64. The van der Waals surface area contributed by atoms with Crippen molar-refractivity contribution in [3.63, 3.8) is 0 Å². The van der Waals surface area contributed by atoms with Crippen molar-refractivity contribution < 1.29 is 9.47 Å². The molecule has 0 spiro atoms. The number of hydrogen-bond acceptors (Lipinski definition) is 6. The average Bonchev–Trinajstić information content (AvgIpc) is 2.72. The maximum absolute atomic E-state index is 9.98. The van der Waals surface area contributed by atoms with Gasteiger partial charge in [-0.05, 0) is 48.4 Å². The molecule has 3 atom stereocenters. The first-order valence-electron chi connectivity index (χ1n) is 8.80. The van der Waals surface area contributed by atoms with E-state index in [1.54, 1.807) is 19.2 Å². The zero-order valence-corrected chi connectivity index (χ0v) is 15.3. The summed E-state index contributed by atoms with van der Waals surface area (Å²) in [6.07, 6.45) is 4.57. The van der Waals surface area contributed by atoms with Gasteiger partial charge in [0.1, 0.15) is 5.92 Å². The van der Waals surface area contributed by atoms with Crippen LogP contribution in [0.4, 0.5) is 0 Å². The Bertz CT molecular complexity index is 915. The van der Waals surface area contributed by atoms with E-state index in [2.05, 4.69) is 18.2 Å². The molecule has 3 rings (SSSR count). The first kappa shape index (κ1) is 18.5. The molecule has 0 aliphatic heterocycles. The van der Waals surface area contributed by atoms with Crippen LogP contribution < -0.4 is 9.47 Å². The van der Waals surface area contributed by atoms with Crippen molar-refractivity contribution in [2.75, 3.05) is 14.2 Å². The summed E-state index contributed by atoms with van der Waals surface area (Å²) in [5, 5.41) is 38.2. The van der Waals surface area contributed by atoms with Crippen molar-refractivity contribution in [3.8, 4) is 29.7 Å². The SMILES string of the molecule is COc1ccc([C@@H]2[C@@H]3CCCC=C3[C@H](C#N)C(=N)C2(C#N)C#N)cc1OC. The molecule has 1 saturated carbocycles. The number of nitrogens with zero attached hydrogens (tertiary/aromatic N) is 3. The normalized spacial score (nSPS) is 25.8. The van der Waals surface area contributed by atoms with E-state index >= 15 is 0 Å². The minimum absolute atomic E-state index is 0.126. The lowest BCUT2D eigenvalue weighted by Crippen LogP contribution is -2.48. The summed E-state index contributed by atoms with van der Waals surface area (Å²) in [6, 6.07) is 11.7. The number of hydrogen-bond donors (Lipinski definition) is 1. The molecular weight excluding hydrogens is 340 g/mol. The van der Waals surface area contributed by atoms with Gasteiger partial charge in [-0.25, -0.2) is 0 Å². The van der Waals surface area contributed by atoms with E-state index in [1.807, 2.05) is 12.1 Å². The minimum atomic E-state index is -1.68. The highest BCUT2D eigenvalue weighted by atomic mass is 16.5. The number of allylic oxidation sites excluding steroid dienone is 2. The van der Waals surface area contributed by atoms with Gasteiger partial charge in [0, 0.05) is 5.92 Å². The Morgan fingerprint density at radius 1 is 1.11 bits per heavy atom. The summed E-state index contributed by atoms with van der Waals surface area (Å²) < 4.78 is 10.7. The Morgan fingerprint density at radius 3 is 2.41 bits per heavy atom. The minimum Gasteiger partial charge on any atom is -0.493 e. The molecule has 1 N–H and O–H groups in total. The number of benzene rings is 1. The second-order valence-corrected chi connectivity index (χ2v) is 6.84. The van der Waals surface area contributed by atoms with Crippen molar-refractivity contribution in [1.29, 1.82) is 21.2 Å². The predicted octanol–water partition coefficient (Wildman–Crippen LogP) is 3.72. The molecule has 0 bridgehead atoms. The molecule has 27 heavy (non-hydrogen) atoms. The fraction of sp³-hybridized carbons (Fsp3) is 0.429. The van der Waals surface area contributed by atoms with Gasteiger partial charge in [-0.2, -0.15) is 15.8 Å². The van der Waals surface area contributed by atoms with Crippen LogP contribution in [0, 0.1) is 56.7 Å². The number of fused-ring (bicyclic) bond motifs is 1. The van der Waals surface area contributed by atoms with E-state index < -0.39 is 17.3 Å². The third-order valence-electron chi connectivity index (χ3n) is 5.69. The maximum Gasteiger partial charge on any atom is 0.189 e. The van der Waals surface area contributed by atoms with Crippen LogP contribution in [0.2, 0.25) is 0 Å². The topological polar surface area (TPSA) is 114 Å². The first-order chi connectivity index (χ1) is 13.1. The van der Waals surface area contributed by atoms with E-state index in [0.29, 0.717) is 11.5 Å². The Kier molecular flexibility index (Phi) is 4.89. The van der Waals surface area contributed by atoms with Gasteiger partial charge < -0.3 is 14.9 Å². The Balaban J connectivity index is 2.25. The molecule has 0 radical (unpaired) electrons. The summed E-state index contributed by atoms with van der Waals surface area (Å²) in [6.45, 7) is 0. The maximum atomic E-state index is 9.98. The highest BCUT2D eigenvalue weighted by molar-refractivity contribution is 6.00. The lowest BCUT2D eigenvalue weighted by Gasteiger charge is -2.45. The molecule has 6 nitrogen and oxygen atoms in total. The van der Waals surface area contributed by atoms with Crippen molar-refractivity contribution in [2.24, 2.45) is 17.3 Å². The molecule has 1 fully saturated rings. The molecule has 1 aromatic rings. The molecule has 6 heteroatoms. The highest BCUT2D eigenvalue weighted by Gasteiger charge is 2.57. The number of rotatable bonds is 3. The molecule has 2 aliphatic rings. The van der Waals surface area contributed by atoms with Gasteiger partial charge in [0.15, 0.2) is 16.9 Å². The molecule has 0 saturated heterocycles. The van der Waals surface area contributed by atoms with Gasteiger partial charge >= 0.3 is 0 Å². The molecular formula is C21H20N4O2. The van der Waals surface area contributed by atoms with Crippen molar-refractivity contribution in [2.45, 2.75) is 25.2 Å². The van der Waals surface area contributed by atoms with Crippen molar-refractivity contribution >= 4 is 5.71 Å². The van der Waals surface area contributed by atoms with Crippen molar-refractivity contribution in [1.82, 2.24) is 0 Å². The fourth-order valence-corrected chi connectivity index (χ4v) is 4.43. The second-order valence-electron chi connectivity index (χ2n) is 6.84. The van der Waals surface area contributed by atoms with Gasteiger partial charge in [-0.15, -0.1) is 0 Å². The molecule has 2 aliphatic carbocycles. The third-order valence-corrected chi connectivity index (χ3v) is 5.69. The molecule has 1 aromatic carbocycles. The lowest BCUT2D eigenvalue weighted by atomic mass is 9.53. The Labute approximate surface area is 158 Å². The zero-order chi connectivity index (χ0) is 19.6. The Hall–Kier alpha value is -3.30. The summed E-state index contributed by atoms with van der Waals surface area (Å²) >= 11 is 0. The average molecular weight is 360 g/mol. The smallest absolute Gasteiger partial charge is 0.189 e. The summed E-state index contributed by atoms with van der Waals surface area (Å²) in [4.78, 5) is 0. The van der Waals surface area contributed by atoms with Crippen LogP contribution in [0.3, 0.4) is 0 Å². The van der Waals surface area contributed by atoms with Crippen LogP contribution in [0.15, 0.2) is 29.8 Å². The molecule has 0 unspecified atom stereocenters. The van der Waals surface area contributed by atoms with Gasteiger partial charge in [-0.3, -0.25) is 0 Å². The highest BCUT2D eigenvalue weighted by Crippen LogP contribution is 2.55. The van der Waals surface area contributed by atoms with Crippen LogP contribution in [0.25, 0.3) is 0 Å². The summed E-state index contributed by atoms with van der Waals surface area (Å²) in [5.41, 5.74) is -0.192. The molecule has 0 aromatic heterocycles. The van der Waals surface area contributed by atoms with E-state index in [0.717, 1.165) is 30.4 Å². The van der Waals surface area contributed by atoms with Gasteiger partial charge in [0.05, 0.1) is 38.1 Å². The quantitative estimate of drug-likeness (QED) is 0.825. The van der Waals surface area contributed by atoms with E-state index in [1.165, 1.54) is 7.11 Å². The van der Waals surface area contributed by atoms with Gasteiger partial charge in [-0.1, -0.05) is 12.1 Å². The van der Waals surface area contributed by atoms with Gasteiger partial charge in [0.25, 0.3) is 0 Å². The van der Waals surface area contributed by atoms with Gasteiger partial charge in [0.2, 0.25) is 0 Å². The lowest BCUT2D eigenvalue weighted by molar-refractivity contribution is 0.316. The summed E-state index contributed by atoms with van der Waals surface area (Å²) in [5.74, 6) is -0.409. The van der Waals surface area contributed by atoms with E-state index in [-0.39, 0.29) is 11.6 Å².